The molecular formula is C13H16N4OS. The molecule has 0 aliphatic rings. The van der Waals surface area contributed by atoms with E-state index in [0.29, 0.717) is 12.1 Å². The van der Waals surface area contributed by atoms with Crippen molar-refractivity contribution in [1.82, 2.24) is 14.9 Å². The van der Waals surface area contributed by atoms with Crippen LogP contribution < -0.4 is 5.32 Å². The highest BCUT2D eigenvalue weighted by molar-refractivity contribution is 7.07. The lowest BCUT2D eigenvalue weighted by Crippen LogP contribution is -2.27. The van der Waals surface area contributed by atoms with Gasteiger partial charge in [-0.3, -0.25) is 9.78 Å². The molecular weight excluding hydrogens is 260 g/mol. The molecule has 0 saturated carbocycles. The maximum atomic E-state index is 12.4. The largest absolute Gasteiger partial charge is 0.385 e. The molecule has 0 unspecified atom stereocenters. The molecule has 0 saturated heterocycles. The fourth-order valence-electron chi connectivity index (χ4n) is 1.75. The normalized spacial score (nSPS) is 10.2. The molecule has 0 atom stereocenters. The Hall–Kier alpha value is -1.95. The second-order valence-corrected chi connectivity index (χ2v) is 4.81. The molecule has 1 N–H and O–H groups in total. The number of thiazole rings is 1. The number of carbonyl (C=O) groups is 1. The zero-order valence-electron chi connectivity index (χ0n) is 11.0. The van der Waals surface area contributed by atoms with Crippen LogP contribution in [0.25, 0.3) is 0 Å². The smallest absolute Gasteiger partial charge is 0.257 e. The summed E-state index contributed by atoms with van der Waals surface area (Å²) in [5, 5.41) is 5.11. The monoisotopic (exact) mass is 276 g/mol. The minimum Gasteiger partial charge on any atom is -0.385 e. The summed E-state index contributed by atoms with van der Waals surface area (Å²) in [5.41, 5.74) is 4.06. The highest BCUT2D eigenvalue weighted by atomic mass is 32.1. The third-order valence-corrected chi connectivity index (χ3v) is 3.28. The van der Waals surface area contributed by atoms with Crippen molar-refractivity contribution in [3.63, 3.8) is 0 Å². The fraction of sp³-hybridized carbons (Fsp3) is 0.308. The van der Waals surface area contributed by atoms with E-state index in [1.807, 2.05) is 18.4 Å². The lowest BCUT2D eigenvalue weighted by Gasteiger charge is -2.18. The summed E-state index contributed by atoms with van der Waals surface area (Å²) in [7, 11) is 1.77. The maximum Gasteiger partial charge on any atom is 0.257 e. The maximum absolute atomic E-state index is 12.4. The second-order valence-electron chi connectivity index (χ2n) is 4.09. The number of pyridine rings is 1. The number of nitrogens with zero attached hydrogens (tertiary/aromatic N) is 3. The van der Waals surface area contributed by atoms with Crippen molar-refractivity contribution in [2.24, 2.45) is 0 Å². The van der Waals surface area contributed by atoms with Crippen molar-refractivity contribution < 1.29 is 4.79 Å². The minimum absolute atomic E-state index is 0.0583. The Morgan fingerprint density at radius 2 is 2.37 bits per heavy atom. The van der Waals surface area contributed by atoms with E-state index >= 15 is 0 Å². The predicted molar refractivity (Wildman–Crippen MR) is 76.3 cm³/mol. The van der Waals surface area contributed by atoms with Crippen molar-refractivity contribution in [2.75, 3.05) is 18.9 Å². The summed E-state index contributed by atoms with van der Waals surface area (Å²) in [6, 6.07) is 1.81. The average Bonchev–Trinajstić information content (AvgIpc) is 2.92. The fourth-order valence-corrected chi connectivity index (χ4v) is 2.30. The van der Waals surface area contributed by atoms with Crippen molar-refractivity contribution in [2.45, 2.75) is 13.5 Å². The molecule has 0 aliphatic heterocycles. The molecule has 1 amide bonds. The Labute approximate surface area is 116 Å². The van der Waals surface area contributed by atoms with Gasteiger partial charge in [-0.05, 0) is 13.0 Å². The van der Waals surface area contributed by atoms with E-state index in [2.05, 4.69) is 15.3 Å². The minimum atomic E-state index is -0.0583. The quantitative estimate of drug-likeness (QED) is 0.910. The number of hydrogen-bond acceptors (Lipinski definition) is 5. The van der Waals surface area contributed by atoms with Crippen molar-refractivity contribution in [1.29, 1.82) is 0 Å². The molecule has 100 valence electrons. The zero-order valence-corrected chi connectivity index (χ0v) is 11.8. The van der Waals surface area contributed by atoms with Gasteiger partial charge in [-0.15, -0.1) is 11.3 Å². The second kappa shape index (κ2) is 6.29. The Balaban J connectivity index is 2.14. The van der Waals surface area contributed by atoms with Gasteiger partial charge in [0, 0.05) is 31.4 Å². The molecule has 0 bridgehead atoms. The lowest BCUT2D eigenvalue weighted by molar-refractivity contribution is 0.0784. The first kappa shape index (κ1) is 13.5. The molecule has 0 spiro atoms. The summed E-state index contributed by atoms with van der Waals surface area (Å²) < 4.78 is 0. The van der Waals surface area contributed by atoms with E-state index in [9.17, 15) is 4.79 Å². The van der Waals surface area contributed by atoms with Crippen LogP contribution in [0.1, 0.15) is 23.0 Å². The molecule has 2 rings (SSSR count). The first-order chi connectivity index (χ1) is 9.22. The number of nitrogens with one attached hydrogen (secondary N) is 1. The van der Waals surface area contributed by atoms with Gasteiger partial charge in [0.2, 0.25) is 0 Å². The van der Waals surface area contributed by atoms with Crippen LogP contribution >= 0.6 is 11.3 Å². The van der Waals surface area contributed by atoms with Crippen LogP contribution in [-0.4, -0.2) is 34.4 Å². The Morgan fingerprint density at radius 3 is 3.05 bits per heavy atom. The number of amides is 1. The molecule has 5 nitrogen and oxygen atoms in total. The molecule has 6 heteroatoms. The van der Waals surface area contributed by atoms with Gasteiger partial charge < -0.3 is 10.2 Å². The van der Waals surface area contributed by atoms with Gasteiger partial charge in [-0.25, -0.2) is 4.98 Å². The van der Waals surface area contributed by atoms with Crippen LogP contribution in [-0.2, 0) is 6.54 Å². The molecule has 2 aromatic rings. The van der Waals surface area contributed by atoms with E-state index in [0.717, 1.165) is 17.9 Å². The van der Waals surface area contributed by atoms with Gasteiger partial charge >= 0.3 is 0 Å². The molecule has 0 radical (unpaired) electrons. The van der Waals surface area contributed by atoms with Gasteiger partial charge in [-0.2, -0.15) is 0 Å². The first-order valence-corrected chi connectivity index (χ1v) is 6.97. The number of carbonyl (C=O) groups excluding carboxylic acids is 1. The molecule has 19 heavy (non-hydrogen) atoms. The van der Waals surface area contributed by atoms with E-state index in [4.69, 9.17) is 0 Å². The molecule has 0 fully saturated rings. The summed E-state index contributed by atoms with van der Waals surface area (Å²) in [6.07, 6.45) is 3.27. The summed E-state index contributed by atoms with van der Waals surface area (Å²) in [6.45, 7) is 3.26. The van der Waals surface area contributed by atoms with Crippen LogP contribution in [0, 0.1) is 0 Å². The third kappa shape index (κ3) is 3.29. The van der Waals surface area contributed by atoms with Crippen LogP contribution in [0.3, 0.4) is 0 Å². The number of anilines is 1. The van der Waals surface area contributed by atoms with Gasteiger partial charge in [-0.1, -0.05) is 0 Å². The molecule has 2 aromatic heterocycles. The van der Waals surface area contributed by atoms with E-state index in [-0.39, 0.29) is 5.91 Å². The molecule has 2 heterocycles. The SMILES string of the molecule is CCNc1ccncc1C(=O)N(C)Cc1cscn1. The van der Waals surface area contributed by atoms with Gasteiger partial charge in [0.1, 0.15) is 0 Å². The van der Waals surface area contributed by atoms with Crippen LogP contribution in [0.15, 0.2) is 29.4 Å². The topological polar surface area (TPSA) is 58.1 Å². The van der Waals surface area contributed by atoms with E-state index in [1.54, 1.807) is 29.9 Å². The highest BCUT2D eigenvalue weighted by Gasteiger charge is 2.16. The van der Waals surface area contributed by atoms with Crippen LogP contribution in [0.2, 0.25) is 0 Å². The Kier molecular flexibility index (Phi) is 4.46. The van der Waals surface area contributed by atoms with E-state index in [1.165, 1.54) is 11.3 Å². The van der Waals surface area contributed by atoms with Gasteiger partial charge in [0.05, 0.1) is 29.0 Å². The summed E-state index contributed by atoms with van der Waals surface area (Å²) in [5.74, 6) is -0.0583. The van der Waals surface area contributed by atoms with Gasteiger partial charge in [0.15, 0.2) is 0 Å². The average molecular weight is 276 g/mol. The third-order valence-electron chi connectivity index (χ3n) is 2.65. The van der Waals surface area contributed by atoms with Crippen LogP contribution in [0.5, 0.6) is 0 Å². The highest BCUT2D eigenvalue weighted by Crippen LogP contribution is 2.16. The van der Waals surface area contributed by atoms with Crippen LogP contribution in [0.4, 0.5) is 5.69 Å². The number of hydrogen-bond donors (Lipinski definition) is 1. The molecule has 0 aliphatic carbocycles. The van der Waals surface area contributed by atoms with Gasteiger partial charge in [0.25, 0.3) is 5.91 Å². The summed E-state index contributed by atoms with van der Waals surface area (Å²) >= 11 is 1.53. The van der Waals surface area contributed by atoms with Crippen molar-refractivity contribution in [3.05, 3.63) is 40.6 Å². The first-order valence-electron chi connectivity index (χ1n) is 6.02. The summed E-state index contributed by atoms with van der Waals surface area (Å²) in [4.78, 5) is 22.2. The standard InChI is InChI=1S/C13H16N4OS/c1-3-15-12-4-5-14-6-11(12)13(18)17(2)7-10-8-19-9-16-10/h4-6,8-9H,3,7H2,1-2H3,(H,14,15). The Morgan fingerprint density at radius 1 is 1.53 bits per heavy atom. The number of rotatable bonds is 5. The predicted octanol–water partition coefficient (Wildman–Crippen LogP) is 2.24. The number of aromatic nitrogens is 2. The van der Waals surface area contributed by atoms with Crippen molar-refractivity contribution >= 4 is 22.9 Å². The Bertz CT molecular complexity index is 541. The van der Waals surface area contributed by atoms with Crippen molar-refractivity contribution in [3.8, 4) is 0 Å². The molecule has 0 aromatic carbocycles. The zero-order chi connectivity index (χ0) is 13.7. The van der Waals surface area contributed by atoms with E-state index < -0.39 is 0 Å². The lowest BCUT2D eigenvalue weighted by atomic mass is 10.2.